The third kappa shape index (κ3) is 8.64. The van der Waals surface area contributed by atoms with Crippen LogP contribution in [-0.2, 0) is 10.2 Å². The van der Waals surface area contributed by atoms with Crippen molar-refractivity contribution in [1.82, 2.24) is 10.2 Å². The number of hydrogen-bond donors (Lipinski definition) is 3. The lowest BCUT2D eigenvalue weighted by atomic mass is 9.65. The van der Waals surface area contributed by atoms with Gasteiger partial charge >= 0.3 is 24.4 Å². The molecule has 0 unspecified atom stereocenters. The minimum absolute atomic E-state index is 0.0968. The van der Waals surface area contributed by atoms with E-state index in [4.69, 9.17) is 19.4 Å². The van der Waals surface area contributed by atoms with Gasteiger partial charge in [0.25, 0.3) is 0 Å². The first kappa shape index (κ1) is 34.7. The van der Waals surface area contributed by atoms with Gasteiger partial charge in [-0.25, -0.2) is 18.4 Å². The number of urea groups is 1. The molecule has 1 saturated carbocycles. The van der Waals surface area contributed by atoms with Crippen molar-refractivity contribution in [2.24, 2.45) is 0 Å². The molecule has 1 aliphatic carbocycles. The maximum atomic E-state index is 13.5. The zero-order chi connectivity index (χ0) is 32.9. The number of fused-ring (bicyclic) bond motifs is 1. The van der Waals surface area contributed by atoms with E-state index >= 15 is 0 Å². The molecule has 44 heavy (non-hydrogen) atoms. The fourth-order valence-corrected chi connectivity index (χ4v) is 5.72. The SMILES string of the molecule is COc1ccc([C@@]23CC[C@@H](NC(=O)Nc4ccc(F)c(F)c4)C[C@@H]2N(CCC(F)(F)F)CC3)cc1OC.O=C(O)C(F)(F)F. The number of likely N-dealkylation sites (tertiary alicyclic amines) is 1. The van der Waals surface area contributed by atoms with Gasteiger partial charge in [-0.1, -0.05) is 6.07 Å². The number of nitrogens with one attached hydrogen (secondary N) is 2. The third-order valence-electron chi connectivity index (χ3n) is 7.77. The fourth-order valence-electron chi connectivity index (χ4n) is 5.72. The van der Waals surface area contributed by atoms with Gasteiger partial charge in [0, 0.05) is 35.8 Å². The summed E-state index contributed by atoms with van der Waals surface area (Å²) in [4.78, 5) is 23.3. The Morgan fingerprint density at radius 1 is 0.977 bits per heavy atom. The highest BCUT2D eigenvalue weighted by Crippen LogP contribution is 2.50. The quantitative estimate of drug-likeness (QED) is 0.309. The van der Waals surface area contributed by atoms with Crippen LogP contribution < -0.4 is 20.1 Å². The number of carboxylic acids is 1. The lowest BCUT2D eigenvalue weighted by Crippen LogP contribution is -2.53. The molecule has 2 aromatic carbocycles. The largest absolute Gasteiger partial charge is 0.493 e. The van der Waals surface area contributed by atoms with Gasteiger partial charge in [0.1, 0.15) is 0 Å². The molecular weight excluding hydrogens is 610 g/mol. The number of halogens is 8. The van der Waals surface area contributed by atoms with E-state index in [0.717, 1.165) is 17.7 Å². The van der Waals surface area contributed by atoms with E-state index in [1.165, 1.54) is 20.3 Å². The highest BCUT2D eigenvalue weighted by Gasteiger charge is 2.52. The Morgan fingerprint density at radius 2 is 1.64 bits per heavy atom. The van der Waals surface area contributed by atoms with Gasteiger partial charge < -0.3 is 25.2 Å². The predicted octanol–water partition coefficient (Wildman–Crippen LogP) is 6.25. The monoisotopic (exact) mass is 641 g/mol. The Morgan fingerprint density at radius 3 is 2.20 bits per heavy atom. The van der Waals surface area contributed by atoms with Crippen LogP contribution in [0.2, 0.25) is 0 Å². The second kappa shape index (κ2) is 13.9. The van der Waals surface area contributed by atoms with E-state index in [1.807, 2.05) is 17.0 Å². The molecular formula is C28H31F8N3O5. The summed E-state index contributed by atoms with van der Waals surface area (Å²) < 4.78 is 108. The van der Waals surface area contributed by atoms with Gasteiger partial charge in [0.05, 0.1) is 20.6 Å². The summed E-state index contributed by atoms with van der Waals surface area (Å²) in [6.45, 7) is 0.375. The number of carbonyl (C=O) groups excluding carboxylic acids is 1. The molecule has 1 heterocycles. The van der Waals surface area contributed by atoms with E-state index in [9.17, 15) is 39.9 Å². The molecule has 16 heteroatoms. The zero-order valence-corrected chi connectivity index (χ0v) is 23.6. The molecule has 4 rings (SSSR count). The molecule has 0 radical (unpaired) electrons. The maximum Gasteiger partial charge on any atom is 0.490 e. The first-order valence-corrected chi connectivity index (χ1v) is 13.3. The Hall–Kier alpha value is -3.82. The highest BCUT2D eigenvalue weighted by molar-refractivity contribution is 5.89. The number of carbonyl (C=O) groups is 2. The summed E-state index contributed by atoms with van der Waals surface area (Å²) in [5, 5.41) is 12.5. The second-order valence-electron chi connectivity index (χ2n) is 10.4. The standard InChI is InChI=1S/C26H30F5N3O3.C2HF3O2/c1-36-21-6-3-16(13-22(21)37-2)25-8-7-18(15-23(25)34(11-9-25)12-10-26(29,30)31)33-24(35)32-17-4-5-19(27)20(28)14-17;3-2(4,5)1(6)7/h3-6,13-14,18,23H,7-12,15H2,1-2H3,(H2,32,33,35);(H,6,7)/t18-,23+,25+;/m1./s1. The predicted molar refractivity (Wildman–Crippen MR) is 142 cm³/mol. The van der Waals surface area contributed by atoms with Gasteiger partial charge in [-0.15, -0.1) is 0 Å². The van der Waals surface area contributed by atoms with E-state index in [-0.39, 0.29) is 24.3 Å². The minimum Gasteiger partial charge on any atom is -0.493 e. The van der Waals surface area contributed by atoms with Crippen molar-refractivity contribution in [2.45, 2.75) is 62.0 Å². The van der Waals surface area contributed by atoms with Gasteiger partial charge in [0.15, 0.2) is 23.1 Å². The molecule has 1 saturated heterocycles. The number of benzene rings is 2. The molecule has 1 aliphatic heterocycles. The van der Waals surface area contributed by atoms with Crippen LogP contribution in [0.1, 0.15) is 37.7 Å². The number of methoxy groups -OCH3 is 2. The van der Waals surface area contributed by atoms with Crippen LogP contribution in [0, 0.1) is 11.6 Å². The number of carboxylic acid groups (broad SMARTS) is 1. The molecule has 244 valence electrons. The van der Waals surface area contributed by atoms with Crippen molar-refractivity contribution in [3.63, 3.8) is 0 Å². The molecule has 2 aliphatic rings. The Bertz CT molecular complexity index is 1320. The Labute approximate surface area is 247 Å². The fraction of sp³-hybridized carbons (Fsp3) is 0.500. The summed E-state index contributed by atoms with van der Waals surface area (Å²) in [6.07, 6.45) is -7.91. The normalized spacial score (nSPS) is 21.9. The van der Waals surface area contributed by atoms with Crippen LogP contribution in [0.3, 0.4) is 0 Å². The van der Waals surface area contributed by atoms with Gasteiger partial charge in [0.2, 0.25) is 0 Å². The number of nitrogens with zero attached hydrogens (tertiary/aromatic N) is 1. The average molecular weight is 642 g/mol. The van der Waals surface area contributed by atoms with Crippen LogP contribution in [0.4, 0.5) is 45.6 Å². The molecule has 0 aromatic heterocycles. The number of amides is 2. The van der Waals surface area contributed by atoms with Crippen LogP contribution in [0.25, 0.3) is 0 Å². The third-order valence-corrected chi connectivity index (χ3v) is 7.77. The van der Waals surface area contributed by atoms with Crippen molar-refractivity contribution in [2.75, 3.05) is 32.6 Å². The molecule has 2 aromatic rings. The number of hydrogen-bond acceptors (Lipinski definition) is 5. The number of rotatable bonds is 7. The van der Waals surface area contributed by atoms with Crippen LogP contribution in [0.5, 0.6) is 11.5 Å². The van der Waals surface area contributed by atoms with Crippen LogP contribution >= 0.6 is 0 Å². The maximum absolute atomic E-state index is 13.5. The molecule has 3 atom stereocenters. The topological polar surface area (TPSA) is 100 Å². The van der Waals surface area contributed by atoms with Crippen molar-refractivity contribution < 1.29 is 59.3 Å². The summed E-state index contributed by atoms with van der Waals surface area (Å²) in [6, 6.07) is 7.54. The summed E-state index contributed by atoms with van der Waals surface area (Å²) in [5.41, 5.74) is 0.661. The van der Waals surface area contributed by atoms with E-state index in [0.29, 0.717) is 43.7 Å². The number of ether oxygens (including phenoxy) is 2. The first-order valence-electron chi connectivity index (χ1n) is 13.3. The molecule has 2 amide bonds. The molecule has 0 bridgehead atoms. The molecule has 2 fully saturated rings. The average Bonchev–Trinajstić information content (AvgIpc) is 3.32. The summed E-state index contributed by atoms with van der Waals surface area (Å²) in [5.74, 6) is -3.75. The lowest BCUT2D eigenvalue weighted by molar-refractivity contribution is -0.192. The second-order valence-corrected chi connectivity index (χ2v) is 10.4. The smallest absolute Gasteiger partial charge is 0.490 e. The van der Waals surface area contributed by atoms with Gasteiger partial charge in [-0.3, -0.25) is 4.90 Å². The Kier molecular flexibility index (Phi) is 10.9. The van der Waals surface area contributed by atoms with E-state index < -0.39 is 47.8 Å². The summed E-state index contributed by atoms with van der Waals surface area (Å²) in [7, 11) is 3.07. The van der Waals surface area contributed by atoms with Crippen molar-refractivity contribution in [1.29, 1.82) is 0 Å². The van der Waals surface area contributed by atoms with Crippen molar-refractivity contribution in [3.8, 4) is 11.5 Å². The highest BCUT2D eigenvalue weighted by atomic mass is 19.4. The number of anilines is 1. The minimum atomic E-state index is -5.08. The lowest BCUT2D eigenvalue weighted by Gasteiger charge is -2.45. The van der Waals surface area contributed by atoms with E-state index in [2.05, 4.69) is 10.6 Å². The van der Waals surface area contributed by atoms with Crippen molar-refractivity contribution in [3.05, 3.63) is 53.6 Å². The van der Waals surface area contributed by atoms with Crippen LogP contribution in [-0.4, -0.2) is 73.8 Å². The zero-order valence-electron chi connectivity index (χ0n) is 23.6. The number of alkyl halides is 6. The van der Waals surface area contributed by atoms with Crippen LogP contribution in [0.15, 0.2) is 36.4 Å². The first-order chi connectivity index (χ1) is 20.5. The molecule has 3 N–H and O–H groups in total. The number of aliphatic carboxylic acids is 1. The van der Waals surface area contributed by atoms with E-state index in [1.54, 1.807) is 6.07 Å². The van der Waals surface area contributed by atoms with Gasteiger partial charge in [-0.2, -0.15) is 26.3 Å². The summed E-state index contributed by atoms with van der Waals surface area (Å²) >= 11 is 0. The van der Waals surface area contributed by atoms with Gasteiger partial charge in [-0.05, 0) is 62.1 Å². The molecule has 8 nitrogen and oxygen atoms in total. The Balaban J connectivity index is 0.000000676. The molecule has 0 spiro atoms. The van der Waals surface area contributed by atoms with Crippen molar-refractivity contribution >= 4 is 17.7 Å².